The highest BCUT2D eigenvalue weighted by atomic mass is 28.3. The van der Waals surface area contributed by atoms with E-state index in [1.807, 2.05) is 60.7 Å². The molecule has 1 N–H and O–H groups in total. The van der Waals surface area contributed by atoms with Gasteiger partial charge >= 0.3 is 5.97 Å². The molecule has 0 amide bonds. The van der Waals surface area contributed by atoms with Crippen LogP contribution in [0.5, 0.6) is 0 Å². The number of carboxylic acid groups (broad SMARTS) is 1. The molecule has 0 unspecified atom stereocenters. The number of aliphatic carboxylic acids is 1. The van der Waals surface area contributed by atoms with Gasteiger partial charge in [-0.15, -0.1) is 0 Å². The largest absolute Gasteiger partial charge is 0.478 e. The van der Waals surface area contributed by atoms with Crippen molar-refractivity contribution in [3.63, 3.8) is 0 Å². The van der Waals surface area contributed by atoms with E-state index in [0.717, 1.165) is 16.7 Å². The molecule has 2 rings (SSSR count). The first-order chi connectivity index (χ1) is 9.91. The summed E-state index contributed by atoms with van der Waals surface area (Å²) in [5, 5.41) is 10.3. The predicted octanol–water partition coefficient (Wildman–Crippen LogP) is 4.45. The Hall–Kier alpha value is -2.13. The molecule has 0 saturated heterocycles. The van der Waals surface area contributed by atoms with Crippen molar-refractivity contribution in [2.24, 2.45) is 0 Å². The summed E-state index contributed by atoms with van der Waals surface area (Å²) in [6.45, 7) is 6.22. The highest BCUT2D eigenvalue weighted by Crippen LogP contribution is 2.31. The van der Waals surface area contributed by atoms with Crippen LogP contribution in [0.25, 0.3) is 5.57 Å². The van der Waals surface area contributed by atoms with E-state index in [1.54, 1.807) is 0 Å². The standard InChI is InChI=1S/C18H20O2Si/c1-21(2,3)17(18(19)20)16(14-10-6-4-7-11-14)15-12-8-5-9-13-15/h4-13H,1-3H3,(H,19,20). The van der Waals surface area contributed by atoms with Gasteiger partial charge in [-0.1, -0.05) is 80.3 Å². The molecule has 0 aliphatic heterocycles. The average Bonchev–Trinajstić information content (AvgIpc) is 2.44. The maximum atomic E-state index is 11.9. The van der Waals surface area contributed by atoms with Crippen molar-refractivity contribution in [1.29, 1.82) is 0 Å². The first kappa shape index (κ1) is 15.3. The molecular formula is C18H20O2Si. The molecule has 2 aromatic carbocycles. The van der Waals surface area contributed by atoms with Gasteiger partial charge < -0.3 is 5.11 Å². The lowest BCUT2D eigenvalue weighted by atomic mass is 9.97. The lowest BCUT2D eigenvalue weighted by Crippen LogP contribution is -2.31. The van der Waals surface area contributed by atoms with Crippen molar-refractivity contribution < 1.29 is 9.90 Å². The minimum absolute atomic E-state index is 0.569. The molecule has 0 aliphatic carbocycles. The van der Waals surface area contributed by atoms with Crippen molar-refractivity contribution in [2.75, 3.05) is 0 Å². The highest BCUT2D eigenvalue weighted by Gasteiger charge is 2.30. The second-order valence-corrected chi connectivity index (χ2v) is 11.0. The summed E-state index contributed by atoms with van der Waals surface area (Å²) < 4.78 is 0. The van der Waals surface area contributed by atoms with Crippen molar-refractivity contribution in [1.82, 2.24) is 0 Å². The molecule has 0 aliphatic rings. The van der Waals surface area contributed by atoms with E-state index in [4.69, 9.17) is 0 Å². The SMILES string of the molecule is C[Si](C)(C)C(C(=O)O)=C(c1ccccc1)c1ccccc1. The Morgan fingerprint density at radius 1 is 0.810 bits per heavy atom. The van der Waals surface area contributed by atoms with Crippen LogP contribution >= 0.6 is 0 Å². The number of hydrogen-bond acceptors (Lipinski definition) is 1. The Morgan fingerprint density at radius 2 is 1.19 bits per heavy atom. The lowest BCUT2D eigenvalue weighted by molar-refractivity contribution is -0.131. The summed E-state index contributed by atoms with van der Waals surface area (Å²) in [6, 6.07) is 19.6. The first-order valence-electron chi connectivity index (χ1n) is 7.00. The molecule has 0 heterocycles. The Bertz CT molecular complexity index is 611. The molecule has 0 radical (unpaired) electrons. The summed E-state index contributed by atoms with van der Waals surface area (Å²) in [5.41, 5.74) is 2.77. The van der Waals surface area contributed by atoms with E-state index in [9.17, 15) is 9.90 Å². The third-order valence-electron chi connectivity index (χ3n) is 3.34. The lowest BCUT2D eigenvalue weighted by Gasteiger charge is -2.22. The van der Waals surface area contributed by atoms with Gasteiger partial charge in [-0.2, -0.15) is 0 Å². The van der Waals surface area contributed by atoms with Crippen molar-refractivity contribution in [3.8, 4) is 0 Å². The van der Waals surface area contributed by atoms with E-state index in [-0.39, 0.29) is 0 Å². The van der Waals surface area contributed by atoms with Crippen LogP contribution in [0.1, 0.15) is 11.1 Å². The maximum Gasteiger partial charge on any atom is 0.328 e. The molecule has 0 fully saturated rings. The van der Waals surface area contributed by atoms with Gasteiger partial charge in [0.05, 0.1) is 8.07 Å². The van der Waals surface area contributed by atoms with Crippen LogP contribution in [0.3, 0.4) is 0 Å². The van der Waals surface area contributed by atoms with Crippen molar-refractivity contribution in [3.05, 3.63) is 77.0 Å². The number of carbonyl (C=O) groups is 1. The molecule has 3 heteroatoms. The number of hydrogen-bond donors (Lipinski definition) is 1. The fraction of sp³-hybridized carbons (Fsp3) is 0.167. The van der Waals surface area contributed by atoms with Gasteiger partial charge in [-0.05, 0) is 16.7 Å². The minimum atomic E-state index is -2.00. The molecule has 0 aromatic heterocycles. The minimum Gasteiger partial charge on any atom is -0.478 e. The molecule has 0 saturated carbocycles. The van der Waals surface area contributed by atoms with Gasteiger partial charge in [0, 0.05) is 5.20 Å². The van der Waals surface area contributed by atoms with Gasteiger partial charge in [0.1, 0.15) is 0 Å². The van der Waals surface area contributed by atoms with Crippen molar-refractivity contribution >= 4 is 19.6 Å². The fourth-order valence-corrected chi connectivity index (χ4v) is 4.15. The smallest absolute Gasteiger partial charge is 0.328 e. The normalized spacial score (nSPS) is 11.0. The molecule has 2 aromatic rings. The molecular weight excluding hydrogens is 276 g/mol. The second-order valence-electron chi connectivity index (χ2n) is 6.04. The Morgan fingerprint density at radius 3 is 1.48 bits per heavy atom. The van der Waals surface area contributed by atoms with Gasteiger partial charge in [-0.3, -0.25) is 0 Å². The van der Waals surface area contributed by atoms with Crippen molar-refractivity contribution in [2.45, 2.75) is 19.6 Å². The quantitative estimate of drug-likeness (QED) is 0.668. The third-order valence-corrected chi connectivity index (χ3v) is 5.30. The molecule has 108 valence electrons. The van der Waals surface area contributed by atoms with Crippen LogP contribution in [-0.4, -0.2) is 19.1 Å². The Kier molecular flexibility index (Phi) is 4.43. The van der Waals surface area contributed by atoms with Gasteiger partial charge in [0.25, 0.3) is 0 Å². The zero-order chi connectivity index (χ0) is 15.5. The van der Waals surface area contributed by atoms with Gasteiger partial charge in [0.2, 0.25) is 0 Å². The number of benzene rings is 2. The number of carboxylic acids is 1. The van der Waals surface area contributed by atoms with Crippen LogP contribution in [0.2, 0.25) is 19.6 Å². The van der Waals surface area contributed by atoms with E-state index in [2.05, 4.69) is 19.6 Å². The molecule has 2 nitrogen and oxygen atoms in total. The first-order valence-corrected chi connectivity index (χ1v) is 10.5. The molecule has 0 atom stereocenters. The zero-order valence-corrected chi connectivity index (χ0v) is 13.6. The van der Waals surface area contributed by atoms with E-state index < -0.39 is 14.0 Å². The van der Waals surface area contributed by atoms with Gasteiger partial charge in [-0.25, -0.2) is 4.79 Å². The zero-order valence-electron chi connectivity index (χ0n) is 12.6. The van der Waals surface area contributed by atoms with E-state index in [1.165, 1.54) is 0 Å². The van der Waals surface area contributed by atoms with Crippen LogP contribution in [0.15, 0.2) is 65.9 Å². The summed E-state index contributed by atoms with van der Waals surface area (Å²) in [4.78, 5) is 11.9. The van der Waals surface area contributed by atoms with Gasteiger partial charge in [0.15, 0.2) is 0 Å². The summed E-state index contributed by atoms with van der Waals surface area (Å²) in [7, 11) is -2.00. The van der Waals surface area contributed by atoms with Crippen LogP contribution < -0.4 is 0 Å². The molecule has 0 spiro atoms. The summed E-state index contributed by atoms with van der Waals surface area (Å²) in [5.74, 6) is -0.808. The van der Waals surface area contributed by atoms with Crippen LogP contribution in [0, 0.1) is 0 Å². The van der Waals surface area contributed by atoms with Crippen LogP contribution in [0.4, 0.5) is 0 Å². The highest BCUT2D eigenvalue weighted by molar-refractivity contribution is 6.88. The molecule has 21 heavy (non-hydrogen) atoms. The van der Waals surface area contributed by atoms with E-state index >= 15 is 0 Å². The van der Waals surface area contributed by atoms with E-state index in [0.29, 0.717) is 5.20 Å². The monoisotopic (exact) mass is 296 g/mol. The predicted molar refractivity (Wildman–Crippen MR) is 89.9 cm³/mol. The second kappa shape index (κ2) is 6.10. The summed E-state index contributed by atoms with van der Waals surface area (Å²) in [6.07, 6.45) is 0. The third kappa shape index (κ3) is 3.50. The Balaban J connectivity index is 2.81. The molecule has 0 bridgehead atoms. The Labute approximate surface area is 126 Å². The fourth-order valence-electron chi connectivity index (χ4n) is 2.47. The number of rotatable bonds is 4. The maximum absolute atomic E-state index is 11.9. The topological polar surface area (TPSA) is 37.3 Å². The summed E-state index contributed by atoms with van der Waals surface area (Å²) >= 11 is 0. The van der Waals surface area contributed by atoms with Crippen LogP contribution in [-0.2, 0) is 4.79 Å². The average molecular weight is 296 g/mol.